The first-order valence-corrected chi connectivity index (χ1v) is 11.0. The Labute approximate surface area is 158 Å². The van der Waals surface area contributed by atoms with Crippen molar-refractivity contribution in [2.45, 2.75) is 117 Å². The van der Waals surface area contributed by atoms with Crippen LogP contribution in [0, 0.1) is 0 Å². The second-order valence-corrected chi connectivity index (χ2v) is 7.61. The summed E-state index contributed by atoms with van der Waals surface area (Å²) in [4.78, 5) is 8.27. The number of unbranched alkanes of at least 4 members (excludes halogenated alkanes) is 8. The molecule has 0 rings (SSSR count). The lowest BCUT2D eigenvalue weighted by Gasteiger charge is -2.17. The molecule has 25 heavy (non-hydrogen) atoms. The van der Waals surface area contributed by atoms with Crippen molar-refractivity contribution in [1.29, 1.82) is 0 Å². The van der Waals surface area contributed by atoms with E-state index in [-0.39, 0.29) is 0 Å². The summed E-state index contributed by atoms with van der Waals surface area (Å²) in [6.45, 7) is 11.0. The average Bonchev–Trinajstić information content (AvgIpc) is 2.62. The molecule has 0 aliphatic rings. The Morgan fingerprint density at radius 2 is 1.36 bits per heavy atom. The van der Waals surface area contributed by atoms with Crippen LogP contribution in [0.2, 0.25) is 0 Å². The highest BCUT2D eigenvalue weighted by atomic mass is 16.6. The van der Waals surface area contributed by atoms with Crippen LogP contribution in [0.3, 0.4) is 0 Å². The molecule has 0 aliphatic heterocycles. The first kappa shape index (κ1) is 24.4. The Balaban J connectivity index is 4.15. The van der Waals surface area contributed by atoms with E-state index in [1.807, 2.05) is 0 Å². The molecule has 0 aliphatic carbocycles. The van der Waals surface area contributed by atoms with Crippen LogP contribution in [0.25, 0.3) is 0 Å². The minimum absolute atomic E-state index is 0.321. The second-order valence-electron chi connectivity index (χ2n) is 7.61. The highest BCUT2D eigenvalue weighted by Gasteiger charge is 2.10. The maximum absolute atomic E-state index is 5.95. The van der Waals surface area contributed by atoms with Gasteiger partial charge in [0, 0.05) is 13.0 Å². The third kappa shape index (κ3) is 16.6. The van der Waals surface area contributed by atoms with Gasteiger partial charge < -0.3 is 9.74 Å². The summed E-state index contributed by atoms with van der Waals surface area (Å²) in [7, 11) is 2.16. The van der Waals surface area contributed by atoms with Crippen LogP contribution >= 0.6 is 0 Å². The van der Waals surface area contributed by atoms with Crippen molar-refractivity contribution in [2.24, 2.45) is 5.16 Å². The third-order valence-corrected chi connectivity index (χ3v) is 5.01. The van der Waals surface area contributed by atoms with Crippen molar-refractivity contribution in [3.8, 4) is 0 Å². The highest BCUT2D eigenvalue weighted by molar-refractivity contribution is 5.81. The summed E-state index contributed by atoms with van der Waals surface area (Å²) in [5, 5.41) is 4.45. The summed E-state index contributed by atoms with van der Waals surface area (Å²) >= 11 is 0. The van der Waals surface area contributed by atoms with E-state index in [0.29, 0.717) is 6.10 Å². The molecule has 0 spiro atoms. The van der Waals surface area contributed by atoms with Crippen LogP contribution in [0.15, 0.2) is 5.16 Å². The fourth-order valence-electron chi connectivity index (χ4n) is 2.92. The van der Waals surface area contributed by atoms with Crippen LogP contribution in [-0.4, -0.2) is 36.9 Å². The van der Waals surface area contributed by atoms with E-state index in [0.717, 1.165) is 25.2 Å². The van der Waals surface area contributed by atoms with E-state index in [4.69, 9.17) is 4.84 Å². The Morgan fingerprint density at radius 3 is 1.84 bits per heavy atom. The first-order valence-electron chi connectivity index (χ1n) is 11.0. The molecule has 0 amide bonds. The lowest BCUT2D eigenvalue weighted by molar-refractivity contribution is 0.0424. The third-order valence-electron chi connectivity index (χ3n) is 5.01. The lowest BCUT2D eigenvalue weighted by Crippen LogP contribution is -2.21. The Hall–Kier alpha value is -0.570. The topological polar surface area (TPSA) is 24.8 Å². The van der Waals surface area contributed by atoms with Gasteiger partial charge in [0.05, 0.1) is 5.71 Å². The molecule has 0 atom stereocenters. The molecular weight excluding hydrogens is 308 g/mol. The van der Waals surface area contributed by atoms with Crippen LogP contribution < -0.4 is 0 Å². The maximum Gasteiger partial charge on any atom is 0.127 e. The molecule has 3 heteroatoms. The molecule has 0 bridgehead atoms. The van der Waals surface area contributed by atoms with Crippen molar-refractivity contribution in [3.05, 3.63) is 0 Å². The summed E-state index contributed by atoms with van der Waals surface area (Å²) in [6, 6.07) is 0. The molecule has 0 saturated carbocycles. The van der Waals surface area contributed by atoms with Gasteiger partial charge in [-0.2, -0.15) is 0 Å². The van der Waals surface area contributed by atoms with Gasteiger partial charge in [0.25, 0.3) is 0 Å². The predicted octanol–water partition coefficient (Wildman–Crippen LogP) is 6.81. The Bertz CT molecular complexity index is 290. The van der Waals surface area contributed by atoms with Gasteiger partial charge >= 0.3 is 0 Å². The van der Waals surface area contributed by atoms with E-state index in [1.54, 1.807) is 0 Å². The van der Waals surface area contributed by atoms with Gasteiger partial charge in [0.1, 0.15) is 6.10 Å². The van der Waals surface area contributed by atoms with Crippen LogP contribution in [0.5, 0.6) is 0 Å². The molecule has 0 aromatic rings. The Morgan fingerprint density at radius 1 is 0.840 bits per heavy atom. The molecule has 0 radical (unpaired) electrons. The molecule has 0 aromatic carbocycles. The largest absolute Gasteiger partial charge is 0.393 e. The normalized spacial score (nSPS) is 12.4. The zero-order chi connectivity index (χ0) is 18.8. The fourth-order valence-corrected chi connectivity index (χ4v) is 2.92. The van der Waals surface area contributed by atoms with Gasteiger partial charge in [-0.25, -0.2) is 0 Å². The summed E-state index contributed by atoms with van der Waals surface area (Å²) in [5.74, 6) is 0. The van der Waals surface area contributed by atoms with Crippen LogP contribution in [-0.2, 0) is 4.84 Å². The standard InChI is InChI=1S/C22H46N2O/c1-6-9-11-13-15-17-22(18-16-14-12-10-7-2)25-23-21(4)19-20-24(5)8-3/h22H,6-20H2,1-5H3/b23-21-. The zero-order valence-corrected chi connectivity index (χ0v) is 18.0. The number of oxime groups is 1. The SMILES string of the molecule is CCCCCCCC(CCCCCCC)O/N=C(/C)CCN(C)CC. The van der Waals surface area contributed by atoms with E-state index in [1.165, 1.54) is 77.0 Å². The molecule has 0 N–H and O–H groups in total. The lowest BCUT2D eigenvalue weighted by atomic mass is 10.0. The van der Waals surface area contributed by atoms with Crippen LogP contribution in [0.4, 0.5) is 0 Å². The quantitative estimate of drug-likeness (QED) is 0.153. The number of hydrogen-bond acceptors (Lipinski definition) is 3. The number of hydrogen-bond donors (Lipinski definition) is 0. The van der Waals surface area contributed by atoms with Gasteiger partial charge in [-0.3, -0.25) is 0 Å². The summed E-state index contributed by atoms with van der Waals surface area (Å²) in [6.07, 6.45) is 17.0. The summed E-state index contributed by atoms with van der Waals surface area (Å²) < 4.78 is 0. The zero-order valence-electron chi connectivity index (χ0n) is 18.0. The average molecular weight is 355 g/mol. The smallest absolute Gasteiger partial charge is 0.127 e. The minimum Gasteiger partial charge on any atom is -0.393 e. The van der Waals surface area contributed by atoms with Crippen molar-refractivity contribution in [2.75, 3.05) is 20.1 Å². The van der Waals surface area contributed by atoms with Gasteiger partial charge in [0.2, 0.25) is 0 Å². The number of nitrogens with zero attached hydrogens (tertiary/aromatic N) is 2. The second kappa shape index (κ2) is 18.2. The van der Waals surface area contributed by atoms with Gasteiger partial charge in [-0.05, 0) is 46.2 Å². The van der Waals surface area contributed by atoms with Crippen molar-refractivity contribution in [1.82, 2.24) is 4.90 Å². The minimum atomic E-state index is 0.321. The van der Waals surface area contributed by atoms with E-state index >= 15 is 0 Å². The molecule has 0 unspecified atom stereocenters. The van der Waals surface area contributed by atoms with E-state index < -0.39 is 0 Å². The Kier molecular flexibility index (Phi) is 17.8. The molecule has 3 nitrogen and oxygen atoms in total. The fraction of sp³-hybridized carbons (Fsp3) is 0.955. The monoisotopic (exact) mass is 354 g/mol. The van der Waals surface area contributed by atoms with Crippen molar-refractivity contribution < 1.29 is 4.84 Å². The van der Waals surface area contributed by atoms with E-state index in [2.05, 4.69) is 44.8 Å². The molecule has 150 valence electrons. The summed E-state index contributed by atoms with van der Waals surface area (Å²) in [5.41, 5.74) is 1.13. The number of rotatable bonds is 18. The van der Waals surface area contributed by atoms with Gasteiger partial charge in [0.15, 0.2) is 0 Å². The van der Waals surface area contributed by atoms with Gasteiger partial charge in [-0.15, -0.1) is 0 Å². The highest BCUT2D eigenvalue weighted by Crippen LogP contribution is 2.16. The predicted molar refractivity (Wildman–Crippen MR) is 113 cm³/mol. The molecule has 0 saturated heterocycles. The molecule has 0 heterocycles. The molecule has 0 fully saturated rings. The van der Waals surface area contributed by atoms with Crippen LogP contribution in [0.1, 0.15) is 111 Å². The molecular formula is C22H46N2O. The molecule has 0 aromatic heterocycles. The maximum atomic E-state index is 5.95. The first-order chi connectivity index (χ1) is 12.1. The van der Waals surface area contributed by atoms with Crippen molar-refractivity contribution >= 4 is 5.71 Å². The van der Waals surface area contributed by atoms with Gasteiger partial charge in [-0.1, -0.05) is 77.3 Å². The van der Waals surface area contributed by atoms with E-state index in [9.17, 15) is 0 Å². The van der Waals surface area contributed by atoms with Crippen molar-refractivity contribution in [3.63, 3.8) is 0 Å².